The van der Waals surface area contributed by atoms with Gasteiger partial charge in [0.2, 0.25) is 0 Å². The number of hydrogen-bond donors (Lipinski definition) is 0. The Balaban J connectivity index is 6.24. The maximum absolute atomic E-state index is 12.1. The largest absolute Gasteiger partial charge is 0.513 e. The van der Waals surface area contributed by atoms with Crippen molar-refractivity contribution in [2.24, 2.45) is 0 Å². The van der Waals surface area contributed by atoms with Gasteiger partial charge in [0, 0.05) is 0 Å². The zero-order valence-corrected chi connectivity index (χ0v) is 17.7. The summed E-state index contributed by atoms with van der Waals surface area (Å²) in [6, 6.07) is 0. The number of phosphoric acid groups is 2. The average molecular weight is 490 g/mol. The molecular weight excluding hydrogens is 478 g/mol. The molecule has 0 saturated carbocycles. The monoisotopic (exact) mass is 490 g/mol. The van der Waals surface area contributed by atoms with Crippen LogP contribution in [0.4, 0.5) is 0 Å². The standard InChI is InChI=1S/C4H12O15P2S4/c1-22(7,8)16-20(5,17-23(2,9)10)15-21(6,18-24(3,11)12)19-25(4,13)14/h1-4H3. The van der Waals surface area contributed by atoms with Gasteiger partial charge in [-0.3, -0.25) is 0 Å². The van der Waals surface area contributed by atoms with Crippen molar-refractivity contribution in [3.05, 3.63) is 0 Å². The van der Waals surface area contributed by atoms with Gasteiger partial charge in [0.15, 0.2) is 0 Å². The predicted octanol–water partition coefficient (Wildman–Crippen LogP) is -0.876. The maximum Gasteiger partial charge on any atom is 0.513 e. The van der Waals surface area contributed by atoms with E-state index < -0.39 is 56.1 Å². The van der Waals surface area contributed by atoms with Crippen LogP contribution in [0.1, 0.15) is 0 Å². The molecule has 21 heteroatoms. The molecule has 15 nitrogen and oxygen atoms in total. The molecule has 0 aliphatic heterocycles. The van der Waals surface area contributed by atoms with Crippen molar-refractivity contribution < 1.29 is 63.0 Å². The Hall–Kier alpha value is 0.0600. The van der Waals surface area contributed by atoms with Crippen LogP contribution in [-0.4, -0.2) is 58.7 Å². The first-order valence-corrected chi connectivity index (χ1v) is 15.3. The van der Waals surface area contributed by atoms with E-state index in [2.05, 4.69) is 20.2 Å². The van der Waals surface area contributed by atoms with E-state index in [1.165, 1.54) is 0 Å². The molecule has 0 aromatic rings. The van der Waals surface area contributed by atoms with Gasteiger partial charge in [-0.05, 0) is 0 Å². The molecule has 0 unspecified atom stereocenters. The Morgan fingerprint density at radius 3 is 0.760 bits per heavy atom. The van der Waals surface area contributed by atoms with Crippen LogP contribution in [-0.2, 0) is 69.8 Å². The molecule has 0 aromatic heterocycles. The van der Waals surface area contributed by atoms with Gasteiger partial charge >= 0.3 is 15.6 Å². The molecule has 0 amide bonds. The fraction of sp³-hybridized carbons (Fsp3) is 1.00. The summed E-state index contributed by atoms with van der Waals surface area (Å²) in [5.74, 6) is 0. The summed E-state index contributed by atoms with van der Waals surface area (Å²) in [4.78, 5) is 0. The first kappa shape index (κ1) is 25.1. The van der Waals surface area contributed by atoms with Crippen molar-refractivity contribution in [1.29, 1.82) is 0 Å². The lowest BCUT2D eigenvalue weighted by molar-refractivity contribution is 0.252. The molecule has 0 aliphatic rings. The van der Waals surface area contributed by atoms with E-state index in [1.807, 2.05) is 0 Å². The average Bonchev–Trinajstić information content (AvgIpc) is 1.97. The van der Waals surface area contributed by atoms with Gasteiger partial charge in [-0.2, -0.15) is 53.9 Å². The van der Waals surface area contributed by atoms with Gasteiger partial charge in [0.25, 0.3) is 40.5 Å². The maximum atomic E-state index is 12.1. The second kappa shape index (κ2) is 7.59. The first-order valence-electron chi connectivity index (χ1n) is 5.09. The van der Waals surface area contributed by atoms with E-state index in [-0.39, 0.29) is 25.0 Å². The van der Waals surface area contributed by atoms with Crippen LogP contribution in [0.25, 0.3) is 0 Å². The van der Waals surface area contributed by atoms with E-state index in [0.717, 1.165) is 0 Å². The summed E-state index contributed by atoms with van der Waals surface area (Å²) in [7, 11) is -31.2. The van der Waals surface area contributed by atoms with Gasteiger partial charge in [-0.15, -0.1) is 0 Å². The van der Waals surface area contributed by atoms with Crippen LogP contribution < -0.4 is 0 Å². The van der Waals surface area contributed by atoms with Crippen molar-refractivity contribution in [1.82, 2.24) is 0 Å². The highest BCUT2D eigenvalue weighted by atomic mass is 32.3. The summed E-state index contributed by atoms with van der Waals surface area (Å²) in [6.45, 7) is 0. The van der Waals surface area contributed by atoms with Crippen molar-refractivity contribution in [3.8, 4) is 0 Å². The topological polar surface area (TPSA) is 217 Å². The Labute approximate surface area is 144 Å². The highest BCUT2D eigenvalue weighted by Gasteiger charge is 2.49. The summed E-state index contributed by atoms with van der Waals surface area (Å²) in [5.41, 5.74) is 0. The van der Waals surface area contributed by atoms with Crippen LogP contribution in [0.3, 0.4) is 0 Å². The quantitative estimate of drug-likeness (QED) is 0.340. The van der Waals surface area contributed by atoms with Crippen molar-refractivity contribution in [2.75, 3.05) is 25.0 Å². The van der Waals surface area contributed by atoms with Gasteiger partial charge in [-0.25, -0.2) is 9.13 Å². The summed E-state index contributed by atoms with van der Waals surface area (Å²) in [6.07, 6.45) is 0.922. The Bertz CT molecular complexity index is 853. The minimum atomic E-state index is -5.97. The predicted molar refractivity (Wildman–Crippen MR) is 80.0 cm³/mol. The van der Waals surface area contributed by atoms with E-state index in [1.54, 1.807) is 0 Å². The van der Waals surface area contributed by atoms with Crippen molar-refractivity contribution >= 4 is 56.1 Å². The van der Waals surface area contributed by atoms with Gasteiger partial charge < -0.3 is 0 Å². The van der Waals surface area contributed by atoms with Crippen LogP contribution in [0.5, 0.6) is 0 Å². The summed E-state index contributed by atoms with van der Waals surface area (Å²) in [5, 5.41) is 0. The van der Waals surface area contributed by atoms with E-state index in [4.69, 9.17) is 0 Å². The Morgan fingerprint density at radius 1 is 0.480 bits per heavy atom. The minimum absolute atomic E-state index is 0.231. The third kappa shape index (κ3) is 13.0. The Morgan fingerprint density at radius 2 is 0.640 bits per heavy atom. The van der Waals surface area contributed by atoms with Crippen LogP contribution in [0.15, 0.2) is 0 Å². The van der Waals surface area contributed by atoms with Crippen molar-refractivity contribution in [3.63, 3.8) is 0 Å². The molecule has 0 N–H and O–H groups in total. The zero-order valence-electron chi connectivity index (χ0n) is 12.7. The lowest BCUT2D eigenvalue weighted by Crippen LogP contribution is -2.13. The molecule has 0 rings (SSSR count). The van der Waals surface area contributed by atoms with Crippen LogP contribution in [0.2, 0.25) is 0 Å². The zero-order chi connectivity index (χ0) is 20.5. The van der Waals surface area contributed by atoms with Gasteiger partial charge in [0.1, 0.15) is 0 Å². The van der Waals surface area contributed by atoms with Gasteiger partial charge in [-0.1, -0.05) is 0 Å². The van der Waals surface area contributed by atoms with E-state index in [0.29, 0.717) is 0 Å². The smallest absolute Gasteiger partial charge is 0.225 e. The SMILES string of the molecule is CS(=O)(=O)OP(=O)(OP(=O)(OS(C)(=O)=O)OS(C)(=O)=O)OS(C)(=O)=O. The van der Waals surface area contributed by atoms with Crippen LogP contribution in [0, 0.1) is 0 Å². The lowest BCUT2D eigenvalue weighted by atomic mass is 12.0. The molecule has 0 bridgehead atoms. The highest BCUT2D eigenvalue weighted by Crippen LogP contribution is 2.68. The fourth-order valence-corrected chi connectivity index (χ4v) is 9.21. The fourth-order valence-electron chi connectivity index (χ4n) is 0.865. The molecule has 0 saturated heterocycles. The minimum Gasteiger partial charge on any atom is -0.225 e. The molecule has 25 heavy (non-hydrogen) atoms. The molecule has 0 heterocycles. The number of rotatable bonds is 10. The van der Waals surface area contributed by atoms with E-state index in [9.17, 15) is 42.8 Å². The lowest BCUT2D eigenvalue weighted by Gasteiger charge is -2.19. The second-order valence-corrected chi connectivity index (χ2v) is 14.6. The molecule has 0 atom stereocenters. The molecule has 152 valence electrons. The third-order valence-corrected chi connectivity index (χ3v) is 9.96. The second-order valence-electron chi connectivity index (χ2n) is 4.09. The summed E-state index contributed by atoms with van der Waals surface area (Å²) >= 11 is 0. The van der Waals surface area contributed by atoms with E-state index >= 15 is 0 Å². The van der Waals surface area contributed by atoms with Crippen molar-refractivity contribution in [2.45, 2.75) is 0 Å². The molecule has 0 radical (unpaired) electrons. The normalized spacial score (nSPS) is 15.2. The first-order chi connectivity index (χ1) is 10.5. The highest BCUT2D eigenvalue weighted by molar-refractivity contribution is 7.96. The summed E-state index contributed by atoms with van der Waals surface area (Å²) < 4.78 is 131. The molecule has 0 aliphatic carbocycles. The molecule has 0 spiro atoms. The van der Waals surface area contributed by atoms with Gasteiger partial charge in [0.05, 0.1) is 25.0 Å². The molecule has 0 aromatic carbocycles. The van der Waals surface area contributed by atoms with Crippen LogP contribution >= 0.6 is 15.6 Å². The Kier molecular flexibility index (Phi) is 7.61. The molecule has 0 fully saturated rings. The number of hydrogen-bond acceptors (Lipinski definition) is 15. The third-order valence-electron chi connectivity index (χ3n) is 1.11. The molecular formula is C4H12O15P2S4.